The van der Waals surface area contributed by atoms with Crippen LogP contribution in [-0.4, -0.2) is 17.5 Å². The highest BCUT2D eigenvalue weighted by Crippen LogP contribution is 2.29. The smallest absolute Gasteiger partial charge is 0.267 e. The van der Waals surface area contributed by atoms with E-state index in [1.54, 1.807) is 0 Å². The molecule has 0 saturated heterocycles. The van der Waals surface area contributed by atoms with Gasteiger partial charge in [-0.2, -0.15) is 0 Å². The molecule has 0 aliphatic heterocycles. The molecule has 0 fully saturated rings. The number of ether oxygens (including phenoxy) is 1. The number of thiazole rings is 1. The fourth-order valence-electron chi connectivity index (χ4n) is 1.93. The van der Waals surface area contributed by atoms with Crippen molar-refractivity contribution in [2.24, 2.45) is 0 Å². The van der Waals surface area contributed by atoms with E-state index >= 15 is 0 Å². The molecule has 2 aromatic heterocycles. The SMILES string of the molecule is CCOc1ccc2nc(NC(=O)c3ccc(C)s3)sc2c1. The molecule has 21 heavy (non-hydrogen) atoms. The number of hydrogen-bond acceptors (Lipinski definition) is 5. The number of benzene rings is 1. The third kappa shape index (κ3) is 3.06. The molecule has 0 aliphatic rings. The molecule has 2 heterocycles. The molecule has 0 saturated carbocycles. The standard InChI is InChI=1S/C15H14N2O2S2/c1-3-19-10-5-6-11-13(8-10)21-15(16-11)17-14(18)12-7-4-9(2)20-12/h4-8H,3H2,1-2H3,(H,16,17,18). The van der Waals surface area contributed by atoms with Crippen LogP contribution in [0.4, 0.5) is 5.13 Å². The molecule has 1 N–H and O–H groups in total. The van der Waals surface area contributed by atoms with E-state index in [4.69, 9.17) is 4.74 Å². The van der Waals surface area contributed by atoms with Crippen molar-refractivity contribution < 1.29 is 9.53 Å². The van der Waals surface area contributed by atoms with Gasteiger partial charge < -0.3 is 4.74 Å². The monoisotopic (exact) mass is 318 g/mol. The molecule has 108 valence electrons. The van der Waals surface area contributed by atoms with Crippen LogP contribution >= 0.6 is 22.7 Å². The second-order valence-electron chi connectivity index (χ2n) is 4.45. The first kappa shape index (κ1) is 14.0. The highest BCUT2D eigenvalue weighted by Gasteiger charge is 2.12. The van der Waals surface area contributed by atoms with Crippen molar-refractivity contribution >= 4 is 43.9 Å². The summed E-state index contributed by atoms with van der Waals surface area (Å²) in [5.41, 5.74) is 0.862. The predicted molar refractivity (Wildman–Crippen MR) is 87.8 cm³/mol. The van der Waals surface area contributed by atoms with Gasteiger partial charge in [0.2, 0.25) is 0 Å². The minimum Gasteiger partial charge on any atom is -0.494 e. The Morgan fingerprint density at radius 3 is 2.86 bits per heavy atom. The van der Waals surface area contributed by atoms with Crippen LogP contribution in [0.15, 0.2) is 30.3 Å². The maximum Gasteiger partial charge on any atom is 0.267 e. The van der Waals surface area contributed by atoms with E-state index in [1.807, 2.05) is 44.2 Å². The van der Waals surface area contributed by atoms with E-state index in [0.717, 1.165) is 20.8 Å². The summed E-state index contributed by atoms with van der Waals surface area (Å²) in [7, 11) is 0. The maximum absolute atomic E-state index is 12.1. The third-order valence-electron chi connectivity index (χ3n) is 2.86. The number of anilines is 1. The molecule has 4 nitrogen and oxygen atoms in total. The fraction of sp³-hybridized carbons (Fsp3) is 0.200. The lowest BCUT2D eigenvalue weighted by molar-refractivity contribution is 0.103. The molecule has 0 bridgehead atoms. The second-order valence-corrected chi connectivity index (χ2v) is 6.76. The molecule has 6 heteroatoms. The molecular weight excluding hydrogens is 304 g/mol. The topological polar surface area (TPSA) is 51.2 Å². The summed E-state index contributed by atoms with van der Waals surface area (Å²) in [4.78, 5) is 18.3. The van der Waals surface area contributed by atoms with Crippen molar-refractivity contribution in [1.82, 2.24) is 4.98 Å². The minimum absolute atomic E-state index is 0.114. The van der Waals surface area contributed by atoms with Crippen molar-refractivity contribution in [2.45, 2.75) is 13.8 Å². The van der Waals surface area contributed by atoms with Crippen LogP contribution in [0.3, 0.4) is 0 Å². The lowest BCUT2D eigenvalue weighted by atomic mass is 10.3. The highest BCUT2D eigenvalue weighted by molar-refractivity contribution is 7.22. The number of carbonyl (C=O) groups excluding carboxylic acids is 1. The highest BCUT2D eigenvalue weighted by atomic mass is 32.1. The Hall–Kier alpha value is -1.92. The zero-order chi connectivity index (χ0) is 14.8. The van der Waals surface area contributed by atoms with Crippen molar-refractivity contribution in [1.29, 1.82) is 0 Å². The Kier molecular flexibility index (Phi) is 3.90. The first-order valence-electron chi connectivity index (χ1n) is 6.57. The average Bonchev–Trinajstić information content (AvgIpc) is 3.04. The number of nitrogens with zero attached hydrogens (tertiary/aromatic N) is 1. The van der Waals surface area contributed by atoms with Crippen LogP contribution in [0.1, 0.15) is 21.5 Å². The van der Waals surface area contributed by atoms with Crippen molar-refractivity contribution in [2.75, 3.05) is 11.9 Å². The Bertz CT molecular complexity index is 792. The number of hydrogen-bond donors (Lipinski definition) is 1. The summed E-state index contributed by atoms with van der Waals surface area (Å²) in [5, 5.41) is 3.46. The molecule has 0 spiro atoms. The molecule has 1 amide bonds. The number of thiophene rings is 1. The predicted octanol–water partition coefficient (Wildman–Crippen LogP) is 4.32. The van der Waals surface area contributed by atoms with Gasteiger partial charge >= 0.3 is 0 Å². The van der Waals surface area contributed by atoms with Gasteiger partial charge in [0.25, 0.3) is 5.91 Å². The van der Waals surface area contributed by atoms with Gasteiger partial charge in [-0.05, 0) is 44.2 Å². The molecule has 0 atom stereocenters. The van der Waals surface area contributed by atoms with Gasteiger partial charge in [-0.15, -0.1) is 11.3 Å². The number of aromatic nitrogens is 1. The molecule has 0 unspecified atom stereocenters. The van der Waals surface area contributed by atoms with Crippen LogP contribution in [0.2, 0.25) is 0 Å². The first-order chi connectivity index (χ1) is 10.2. The molecule has 3 rings (SSSR count). The van der Waals surface area contributed by atoms with E-state index < -0.39 is 0 Å². The van der Waals surface area contributed by atoms with E-state index in [2.05, 4.69) is 10.3 Å². The first-order valence-corrected chi connectivity index (χ1v) is 8.20. The van der Waals surface area contributed by atoms with Gasteiger partial charge in [0.15, 0.2) is 5.13 Å². The van der Waals surface area contributed by atoms with Crippen LogP contribution in [0.5, 0.6) is 5.75 Å². The number of nitrogens with one attached hydrogen (secondary N) is 1. The number of amides is 1. The lowest BCUT2D eigenvalue weighted by Crippen LogP contribution is -2.09. The zero-order valence-corrected chi connectivity index (χ0v) is 13.3. The lowest BCUT2D eigenvalue weighted by Gasteiger charge is -2.00. The molecule has 1 aromatic carbocycles. The Morgan fingerprint density at radius 2 is 2.14 bits per heavy atom. The summed E-state index contributed by atoms with van der Waals surface area (Å²) >= 11 is 2.92. The summed E-state index contributed by atoms with van der Waals surface area (Å²) in [6.45, 7) is 4.56. The van der Waals surface area contributed by atoms with Gasteiger partial charge in [-0.25, -0.2) is 4.98 Å². The summed E-state index contributed by atoms with van der Waals surface area (Å²) in [6.07, 6.45) is 0. The van der Waals surface area contributed by atoms with E-state index in [1.165, 1.54) is 22.7 Å². The number of rotatable bonds is 4. The number of fused-ring (bicyclic) bond motifs is 1. The quantitative estimate of drug-likeness (QED) is 0.779. The largest absolute Gasteiger partial charge is 0.494 e. The third-order valence-corrected chi connectivity index (χ3v) is 4.79. The van der Waals surface area contributed by atoms with E-state index in [0.29, 0.717) is 16.6 Å². The zero-order valence-electron chi connectivity index (χ0n) is 11.7. The van der Waals surface area contributed by atoms with Crippen LogP contribution < -0.4 is 10.1 Å². The Morgan fingerprint density at radius 1 is 1.29 bits per heavy atom. The Balaban J connectivity index is 1.82. The summed E-state index contributed by atoms with van der Waals surface area (Å²) < 4.78 is 6.47. The van der Waals surface area contributed by atoms with Gasteiger partial charge in [0.05, 0.1) is 21.7 Å². The second kappa shape index (κ2) is 5.83. The molecular formula is C15H14N2O2S2. The minimum atomic E-state index is -0.114. The average molecular weight is 318 g/mol. The Labute approximate surface area is 130 Å². The van der Waals surface area contributed by atoms with Crippen LogP contribution in [-0.2, 0) is 0 Å². The summed E-state index contributed by atoms with van der Waals surface area (Å²) in [5.74, 6) is 0.706. The normalized spacial score (nSPS) is 10.8. The molecule has 0 aliphatic carbocycles. The van der Waals surface area contributed by atoms with Crippen molar-refractivity contribution in [3.05, 3.63) is 40.1 Å². The van der Waals surface area contributed by atoms with Crippen molar-refractivity contribution in [3.63, 3.8) is 0 Å². The summed E-state index contributed by atoms with van der Waals surface area (Å²) in [6, 6.07) is 9.51. The van der Waals surface area contributed by atoms with Crippen molar-refractivity contribution in [3.8, 4) is 5.75 Å². The van der Waals surface area contributed by atoms with Gasteiger partial charge in [0.1, 0.15) is 5.75 Å². The van der Waals surface area contributed by atoms with Gasteiger partial charge in [0, 0.05) is 4.88 Å². The van der Waals surface area contributed by atoms with Gasteiger partial charge in [-0.3, -0.25) is 10.1 Å². The van der Waals surface area contributed by atoms with Crippen LogP contribution in [0.25, 0.3) is 10.2 Å². The number of carbonyl (C=O) groups is 1. The fourth-order valence-corrected chi connectivity index (χ4v) is 3.58. The molecule has 0 radical (unpaired) electrons. The van der Waals surface area contributed by atoms with E-state index in [-0.39, 0.29) is 5.91 Å². The van der Waals surface area contributed by atoms with Gasteiger partial charge in [-0.1, -0.05) is 11.3 Å². The maximum atomic E-state index is 12.1. The molecule has 3 aromatic rings. The number of aryl methyl sites for hydroxylation is 1. The van der Waals surface area contributed by atoms with Crippen LogP contribution in [0, 0.1) is 6.92 Å². The van der Waals surface area contributed by atoms with E-state index in [9.17, 15) is 4.79 Å².